The number of hydrogen-bond acceptors (Lipinski definition) is 5. The minimum atomic E-state index is -3.40. The Morgan fingerprint density at radius 1 is 1.47 bits per heavy atom. The van der Waals surface area contributed by atoms with Gasteiger partial charge in [-0.2, -0.15) is 0 Å². The molecule has 6 nitrogen and oxygen atoms in total. The van der Waals surface area contributed by atoms with E-state index in [1.165, 1.54) is 12.3 Å². The molecule has 0 radical (unpaired) electrons. The standard InChI is InChI=1S/C12H18N2O4S/c1-9(2)14(8-6-11(15)16)12-10(19(3,17)18)5-4-7-13-12/h4-5,7,9H,6,8H2,1-3H3,(H,15,16). The quantitative estimate of drug-likeness (QED) is 0.844. The third-order valence-corrected chi connectivity index (χ3v) is 3.73. The first-order chi connectivity index (χ1) is 8.73. The second kappa shape index (κ2) is 6.01. The summed E-state index contributed by atoms with van der Waals surface area (Å²) in [5, 5.41) is 8.75. The molecule has 0 saturated heterocycles. The van der Waals surface area contributed by atoms with Crippen LogP contribution in [0.5, 0.6) is 0 Å². The first-order valence-electron chi connectivity index (χ1n) is 5.87. The van der Waals surface area contributed by atoms with E-state index in [4.69, 9.17) is 5.11 Å². The minimum Gasteiger partial charge on any atom is -0.481 e. The smallest absolute Gasteiger partial charge is 0.305 e. The monoisotopic (exact) mass is 286 g/mol. The van der Waals surface area contributed by atoms with E-state index in [0.717, 1.165) is 6.26 Å². The van der Waals surface area contributed by atoms with Gasteiger partial charge in [0.15, 0.2) is 9.84 Å². The van der Waals surface area contributed by atoms with Crippen LogP contribution in [0.3, 0.4) is 0 Å². The summed E-state index contributed by atoms with van der Waals surface area (Å²) in [7, 11) is -3.40. The van der Waals surface area contributed by atoms with Gasteiger partial charge in [-0.1, -0.05) is 0 Å². The van der Waals surface area contributed by atoms with Crippen LogP contribution in [-0.2, 0) is 14.6 Å². The number of nitrogens with zero attached hydrogens (tertiary/aromatic N) is 2. The van der Waals surface area contributed by atoms with Gasteiger partial charge >= 0.3 is 5.97 Å². The minimum absolute atomic E-state index is 0.0465. The van der Waals surface area contributed by atoms with Crippen molar-refractivity contribution in [2.45, 2.75) is 31.2 Å². The normalized spacial score (nSPS) is 11.6. The van der Waals surface area contributed by atoms with Crippen LogP contribution in [0.1, 0.15) is 20.3 Å². The number of hydrogen-bond donors (Lipinski definition) is 1. The Morgan fingerprint density at radius 2 is 2.11 bits per heavy atom. The highest BCUT2D eigenvalue weighted by Crippen LogP contribution is 2.24. The zero-order chi connectivity index (χ0) is 14.6. The Hall–Kier alpha value is -1.63. The molecule has 1 heterocycles. The number of carboxylic acid groups (broad SMARTS) is 1. The number of rotatable bonds is 6. The first kappa shape index (κ1) is 15.4. The predicted octanol–water partition coefficient (Wildman–Crippen LogP) is 1.17. The highest BCUT2D eigenvalue weighted by atomic mass is 32.2. The van der Waals surface area contributed by atoms with Crippen molar-refractivity contribution in [1.82, 2.24) is 4.98 Å². The van der Waals surface area contributed by atoms with Crippen molar-refractivity contribution in [3.05, 3.63) is 18.3 Å². The lowest BCUT2D eigenvalue weighted by Crippen LogP contribution is -2.34. The Morgan fingerprint density at radius 3 is 2.58 bits per heavy atom. The largest absolute Gasteiger partial charge is 0.481 e. The third kappa shape index (κ3) is 4.20. The average molecular weight is 286 g/mol. The lowest BCUT2D eigenvalue weighted by Gasteiger charge is -2.28. The molecule has 0 fully saturated rings. The second-order valence-corrected chi connectivity index (χ2v) is 6.51. The van der Waals surface area contributed by atoms with Gasteiger partial charge in [-0.25, -0.2) is 13.4 Å². The maximum Gasteiger partial charge on any atom is 0.305 e. The summed E-state index contributed by atoms with van der Waals surface area (Å²) in [4.78, 5) is 16.6. The molecular formula is C12H18N2O4S. The number of carboxylic acids is 1. The van der Waals surface area contributed by atoms with Gasteiger partial charge in [-0.05, 0) is 26.0 Å². The molecule has 0 unspecified atom stereocenters. The molecule has 0 aliphatic heterocycles. The molecule has 1 aromatic rings. The number of carbonyl (C=O) groups is 1. The van der Waals surface area contributed by atoms with Crippen LogP contribution in [0.15, 0.2) is 23.2 Å². The molecule has 1 aromatic heterocycles. The van der Waals surface area contributed by atoms with E-state index < -0.39 is 15.8 Å². The van der Waals surface area contributed by atoms with E-state index in [2.05, 4.69) is 4.98 Å². The lowest BCUT2D eigenvalue weighted by molar-refractivity contribution is -0.136. The second-order valence-electron chi connectivity index (χ2n) is 4.53. The molecule has 0 saturated carbocycles. The molecule has 0 aliphatic carbocycles. The maximum absolute atomic E-state index is 11.7. The topological polar surface area (TPSA) is 87.6 Å². The average Bonchev–Trinajstić information content (AvgIpc) is 2.27. The molecule has 7 heteroatoms. The van der Waals surface area contributed by atoms with Crippen molar-refractivity contribution in [2.24, 2.45) is 0 Å². The van der Waals surface area contributed by atoms with Gasteiger partial charge in [0.1, 0.15) is 10.7 Å². The van der Waals surface area contributed by atoms with Crippen LogP contribution in [-0.4, -0.2) is 43.3 Å². The van der Waals surface area contributed by atoms with Crippen LogP contribution in [0.2, 0.25) is 0 Å². The fraction of sp³-hybridized carbons (Fsp3) is 0.500. The molecule has 0 atom stereocenters. The van der Waals surface area contributed by atoms with Crippen LogP contribution < -0.4 is 4.90 Å². The summed E-state index contributed by atoms with van der Waals surface area (Å²) in [5.41, 5.74) is 0. The number of aromatic nitrogens is 1. The van der Waals surface area contributed by atoms with Gasteiger partial charge < -0.3 is 10.0 Å². The Labute approximate surface area is 113 Å². The van der Waals surface area contributed by atoms with E-state index in [0.29, 0.717) is 5.82 Å². The van der Waals surface area contributed by atoms with Crippen molar-refractivity contribution < 1.29 is 18.3 Å². The van der Waals surface area contributed by atoms with Crippen molar-refractivity contribution >= 4 is 21.6 Å². The van der Waals surface area contributed by atoms with Crippen LogP contribution in [0, 0.1) is 0 Å². The van der Waals surface area contributed by atoms with Crippen LogP contribution in [0.4, 0.5) is 5.82 Å². The molecule has 0 amide bonds. The van der Waals surface area contributed by atoms with E-state index in [-0.39, 0.29) is 23.9 Å². The lowest BCUT2D eigenvalue weighted by atomic mass is 10.2. The fourth-order valence-corrected chi connectivity index (χ4v) is 2.54. The molecular weight excluding hydrogens is 268 g/mol. The van der Waals surface area contributed by atoms with Gasteiger partial charge in [0.2, 0.25) is 0 Å². The molecule has 106 valence electrons. The summed E-state index contributed by atoms with van der Waals surface area (Å²) in [6, 6.07) is 2.98. The first-order valence-corrected chi connectivity index (χ1v) is 7.76. The van der Waals surface area contributed by atoms with Crippen molar-refractivity contribution in [3.8, 4) is 0 Å². The van der Waals surface area contributed by atoms with E-state index in [9.17, 15) is 13.2 Å². The molecule has 19 heavy (non-hydrogen) atoms. The fourth-order valence-electron chi connectivity index (χ4n) is 1.71. The van der Waals surface area contributed by atoms with E-state index in [1.54, 1.807) is 11.0 Å². The van der Waals surface area contributed by atoms with Crippen LogP contribution in [0.25, 0.3) is 0 Å². The van der Waals surface area contributed by atoms with Gasteiger partial charge in [-0.3, -0.25) is 4.79 Å². The molecule has 0 bridgehead atoms. The Kier molecular flexibility index (Phi) is 4.88. The molecule has 0 spiro atoms. The molecule has 1 N–H and O–H groups in total. The molecule has 1 rings (SSSR count). The predicted molar refractivity (Wildman–Crippen MR) is 72.1 cm³/mol. The van der Waals surface area contributed by atoms with E-state index >= 15 is 0 Å². The summed E-state index contributed by atoms with van der Waals surface area (Å²) in [6.07, 6.45) is 2.54. The van der Waals surface area contributed by atoms with Crippen molar-refractivity contribution in [1.29, 1.82) is 0 Å². The van der Waals surface area contributed by atoms with Crippen molar-refractivity contribution in [3.63, 3.8) is 0 Å². The Balaban J connectivity index is 3.20. The summed E-state index contributed by atoms with van der Waals surface area (Å²) < 4.78 is 23.5. The number of pyridine rings is 1. The van der Waals surface area contributed by atoms with Crippen LogP contribution >= 0.6 is 0 Å². The maximum atomic E-state index is 11.7. The summed E-state index contributed by atoms with van der Waals surface area (Å²) in [5.74, 6) is -0.622. The number of sulfone groups is 1. The van der Waals surface area contributed by atoms with Gasteiger partial charge in [0.05, 0.1) is 6.42 Å². The van der Waals surface area contributed by atoms with Crippen molar-refractivity contribution in [2.75, 3.05) is 17.7 Å². The van der Waals surface area contributed by atoms with Gasteiger partial charge in [-0.15, -0.1) is 0 Å². The number of anilines is 1. The third-order valence-electron chi connectivity index (χ3n) is 2.61. The zero-order valence-electron chi connectivity index (χ0n) is 11.2. The van der Waals surface area contributed by atoms with E-state index in [1.807, 2.05) is 13.8 Å². The van der Waals surface area contributed by atoms with Gasteiger partial charge in [0.25, 0.3) is 0 Å². The highest BCUT2D eigenvalue weighted by molar-refractivity contribution is 7.90. The number of aliphatic carboxylic acids is 1. The summed E-state index contributed by atoms with van der Waals surface area (Å²) in [6.45, 7) is 3.94. The molecule has 0 aromatic carbocycles. The Bertz CT molecular complexity index is 555. The zero-order valence-corrected chi connectivity index (χ0v) is 12.0. The van der Waals surface area contributed by atoms with Gasteiger partial charge in [0, 0.05) is 25.0 Å². The highest BCUT2D eigenvalue weighted by Gasteiger charge is 2.21. The molecule has 0 aliphatic rings. The SMILES string of the molecule is CC(C)N(CCC(=O)O)c1ncccc1S(C)(=O)=O. The summed E-state index contributed by atoms with van der Waals surface area (Å²) >= 11 is 0.